The minimum atomic E-state index is -0.182. The Kier molecular flexibility index (Phi) is 2.42. The standard InChI is InChI=1S/C12H11NO2/c1-15-12(14)11-5-3-9-6-8(7-13)2-4-10(9)11/h2,4,6,11H,3,5H2,1H3. The van der Waals surface area contributed by atoms with Gasteiger partial charge in [0, 0.05) is 0 Å². The van der Waals surface area contributed by atoms with Crippen LogP contribution in [0.5, 0.6) is 0 Å². The number of esters is 1. The van der Waals surface area contributed by atoms with Crippen molar-refractivity contribution >= 4 is 5.97 Å². The summed E-state index contributed by atoms with van der Waals surface area (Å²) in [5.41, 5.74) is 2.77. The van der Waals surface area contributed by atoms with Crippen LogP contribution in [0.1, 0.15) is 29.0 Å². The second-order valence-electron chi connectivity index (χ2n) is 3.64. The molecule has 0 radical (unpaired) electrons. The zero-order chi connectivity index (χ0) is 10.8. The summed E-state index contributed by atoms with van der Waals surface area (Å²) in [5, 5.41) is 8.75. The fraction of sp³-hybridized carbons (Fsp3) is 0.333. The predicted octanol–water partition coefficient (Wildman–Crippen LogP) is 1.76. The molecule has 15 heavy (non-hydrogen) atoms. The number of rotatable bonds is 1. The van der Waals surface area contributed by atoms with E-state index in [1.54, 1.807) is 6.07 Å². The lowest BCUT2D eigenvalue weighted by Crippen LogP contribution is -2.11. The van der Waals surface area contributed by atoms with E-state index in [2.05, 4.69) is 6.07 Å². The van der Waals surface area contributed by atoms with Gasteiger partial charge in [-0.3, -0.25) is 4.79 Å². The SMILES string of the molecule is COC(=O)C1CCc2cc(C#N)ccc21. The van der Waals surface area contributed by atoms with Gasteiger partial charge in [-0.15, -0.1) is 0 Å². The number of aryl methyl sites for hydroxylation is 1. The van der Waals surface area contributed by atoms with Gasteiger partial charge in [0.1, 0.15) is 0 Å². The van der Waals surface area contributed by atoms with Gasteiger partial charge in [-0.25, -0.2) is 0 Å². The van der Waals surface area contributed by atoms with E-state index in [0.717, 1.165) is 24.0 Å². The summed E-state index contributed by atoms with van der Waals surface area (Å²) in [6.07, 6.45) is 1.64. The zero-order valence-electron chi connectivity index (χ0n) is 8.49. The minimum Gasteiger partial charge on any atom is -0.469 e. The molecule has 3 heteroatoms. The normalized spacial score (nSPS) is 18.0. The number of ether oxygens (including phenoxy) is 1. The van der Waals surface area contributed by atoms with E-state index < -0.39 is 0 Å². The maximum atomic E-state index is 11.4. The van der Waals surface area contributed by atoms with Crippen LogP contribution in [0, 0.1) is 11.3 Å². The molecule has 1 aromatic rings. The van der Waals surface area contributed by atoms with Gasteiger partial charge in [0.05, 0.1) is 24.7 Å². The van der Waals surface area contributed by atoms with Gasteiger partial charge >= 0.3 is 5.97 Å². The van der Waals surface area contributed by atoms with Crippen LogP contribution < -0.4 is 0 Å². The molecular formula is C12H11NO2. The van der Waals surface area contributed by atoms with Crippen molar-refractivity contribution in [2.75, 3.05) is 7.11 Å². The number of hydrogen-bond acceptors (Lipinski definition) is 3. The van der Waals surface area contributed by atoms with Gasteiger partial charge in [-0.1, -0.05) is 6.07 Å². The summed E-state index contributed by atoms with van der Waals surface area (Å²) >= 11 is 0. The Balaban J connectivity index is 2.37. The van der Waals surface area contributed by atoms with E-state index in [4.69, 9.17) is 10.00 Å². The lowest BCUT2D eigenvalue weighted by molar-refractivity contribution is -0.142. The summed E-state index contributed by atoms with van der Waals surface area (Å²) in [6, 6.07) is 7.57. The Morgan fingerprint density at radius 1 is 1.60 bits per heavy atom. The second-order valence-corrected chi connectivity index (χ2v) is 3.64. The molecule has 0 spiro atoms. The monoisotopic (exact) mass is 201 g/mol. The highest BCUT2D eigenvalue weighted by atomic mass is 16.5. The molecule has 1 atom stereocenters. The van der Waals surface area contributed by atoms with Crippen LogP contribution in [0.2, 0.25) is 0 Å². The van der Waals surface area contributed by atoms with Gasteiger partial charge in [-0.2, -0.15) is 5.26 Å². The Labute approximate surface area is 88.3 Å². The molecule has 2 rings (SSSR count). The largest absolute Gasteiger partial charge is 0.469 e. The molecule has 1 aliphatic rings. The molecule has 0 saturated heterocycles. The highest BCUT2D eigenvalue weighted by Crippen LogP contribution is 2.34. The van der Waals surface area contributed by atoms with Crippen LogP contribution in [0.3, 0.4) is 0 Å². The first-order chi connectivity index (χ1) is 7.26. The molecule has 0 fully saturated rings. The van der Waals surface area contributed by atoms with Crippen molar-refractivity contribution in [1.82, 2.24) is 0 Å². The van der Waals surface area contributed by atoms with Crippen molar-refractivity contribution in [2.24, 2.45) is 0 Å². The number of methoxy groups -OCH3 is 1. The first-order valence-electron chi connectivity index (χ1n) is 4.87. The van der Waals surface area contributed by atoms with Gasteiger partial charge in [-0.05, 0) is 36.1 Å². The predicted molar refractivity (Wildman–Crippen MR) is 54.2 cm³/mol. The van der Waals surface area contributed by atoms with Gasteiger partial charge < -0.3 is 4.74 Å². The number of carbonyl (C=O) groups excluding carboxylic acids is 1. The Hall–Kier alpha value is -1.82. The number of nitriles is 1. The van der Waals surface area contributed by atoms with E-state index in [0.29, 0.717) is 5.56 Å². The van der Waals surface area contributed by atoms with Crippen LogP contribution in [-0.4, -0.2) is 13.1 Å². The van der Waals surface area contributed by atoms with Gasteiger partial charge in [0.2, 0.25) is 0 Å². The molecule has 0 aromatic heterocycles. The van der Waals surface area contributed by atoms with Crippen LogP contribution >= 0.6 is 0 Å². The third-order valence-corrected chi connectivity index (χ3v) is 2.84. The van der Waals surface area contributed by atoms with Crippen LogP contribution in [0.4, 0.5) is 0 Å². The Bertz CT molecular complexity index is 445. The van der Waals surface area contributed by atoms with Gasteiger partial charge in [0.25, 0.3) is 0 Å². The Morgan fingerprint density at radius 3 is 3.07 bits per heavy atom. The zero-order valence-corrected chi connectivity index (χ0v) is 8.49. The molecule has 0 amide bonds. The smallest absolute Gasteiger partial charge is 0.313 e. The summed E-state index contributed by atoms with van der Waals surface area (Å²) in [7, 11) is 1.41. The molecule has 3 nitrogen and oxygen atoms in total. The number of nitrogens with zero attached hydrogens (tertiary/aromatic N) is 1. The van der Waals surface area contributed by atoms with E-state index in [1.807, 2.05) is 12.1 Å². The third-order valence-electron chi connectivity index (χ3n) is 2.84. The quantitative estimate of drug-likeness (QED) is 0.650. The summed E-state index contributed by atoms with van der Waals surface area (Å²) in [4.78, 5) is 11.4. The number of carbonyl (C=O) groups is 1. The lowest BCUT2D eigenvalue weighted by Gasteiger charge is -2.08. The maximum Gasteiger partial charge on any atom is 0.313 e. The van der Waals surface area contributed by atoms with Crippen molar-refractivity contribution in [3.05, 3.63) is 34.9 Å². The van der Waals surface area contributed by atoms with Crippen LogP contribution in [0.15, 0.2) is 18.2 Å². The molecule has 1 unspecified atom stereocenters. The van der Waals surface area contributed by atoms with Crippen molar-refractivity contribution in [3.8, 4) is 6.07 Å². The molecule has 76 valence electrons. The fourth-order valence-corrected chi connectivity index (χ4v) is 2.07. The van der Waals surface area contributed by atoms with Crippen molar-refractivity contribution in [1.29, 1.82) is 5.26 Å². The van der Waals surface area contributed by atoms with Gasteiger partial charge in [0.15, 0.2) is 0 Å². The average Bonchev–Trinajstić information content (AvgIpc) is 2.70. The average molecular weight is 201 g/mol. The highest BCUT2D eigenvalue weighted by Gasteiger charge is 2.29. The molecule has 0 saturated carbocycles. The Morgan fingerprint density at radius 2 is 2.40 bits per heavy atom. The lowest BCUT2D eigenvalue weighted by atomic mass is 10.0. The number of hydrogen-bond donors (Lipinski definition) is 0. The molecule has 0 N–H and O–H groups in total. The second kappa shape index (κ2) is 3.74. The molecule has 0 aliphatic heterocycles. The highest BCUT2D eigenvalue weighted by molar-refractivity contribution is 5.79. The topological polar surface area (TPSA) is 50.1 Å². The summed E-state index contributed by atoms with van der Waals surface area (Å²) in [5.74, 6) is -0.323. The van der Waals surface area contributed by atoms with E-state index >= 15 is 0 Å². The van der Waals surface area contributed by atoms with Crippen LogP contribution in [0.25, 0.3) is 0 Å². The molecular weight excluding hydrogens is 190 g/mol. The van der Waals surface area contributed by atoms with Crippen molar-refractivity contribution in [2.45, 2.75) is 18.8 Å². The maximum absolute atomic E-state index is 11.4. The third kappa shape index (κ3) is 1.59. The molecule has 1 aliphatic carbocycles. The van der Waals surface area contributed by atoms with E-state index in [1.165, 1.54) is 7.11 Å². The van der Waals surface area contributed by atoms with Crippen LogP contribution in [-0.2, 0) is 16.0 Å². The molecule has 0 heterocycles. The number of benzene rings is 1. The first kappa shape index (κ1) is 9.72. The van der Waals surface area contributed by atoms with E-state index in [-0.39, 0.29) is 11.9 Å². The molecule has 0 bridgehead atoms. The van der Waals surface area contributed by atoms with E-state index in [9.17, 15) is 4.79 Å². The van der Waals surface area contributed by atoms with Crippen molar-refractivity contribution in [3.63, 3.8) is 0 Å². The summed E-state index contributed by atoms with van der Waals surface area (Å²) in [6.45, 7) is 0. The molecule has 1 aromatic carbocycles. The fourth-order valence-electron chi connectivity index (χ4n) is 2.07. The number of fused-ring (bicyclic) bond motifs is 1. The first-order valence-corrected chi connectivity index (χ1v) is 4.87. The van der Waals surface area contributed by atoms with Crippen molar-refractivity contribution < 1.29 is 9.53 Å². The summed E-state index contributed by atoms with van der Waals surface area (Å²) < 4.78 is 4.74. The minimum absolute atomic E-state index is 0.141.